The molecule has 0 aromatic heterocycles. The van der Waals surface area contributed by atoms with E-state index >= 15 is 0 Å². The number of amides is 1. The molecule has 1 aliphatic heterocycles. The Balaban J connectivity index is 1.98. The largest absolute Gasteiger partial charge is 0.507 e. The topological polar surface area (TPSA) is 76.1 Å². The quantitative estimate of drug-likeness (QED) is 0.286. The molecule has 3 aromatic carbocycles. The van der Waals surface area contributed by atoms with Crippen LogP contribution in [-0.4, -0.2) is 30.5 Å². The number of para-hydroxylation sites is 1. The molecule has 1 fully saturated rings. The minimum absolute atomic E-state index is 0.0176. The number of aryl methyl sites for hydroxylation is 2. The fourth-order valence-electron chi connectivity index (χ4n) is 4.53. The molecule has 1 atom stereocenters. The van der Waals surface area contributed by atoms with Crippen molar-refractivity contribution in [2.75, 3.05) is 18.6 Å². The number of aliphatic hydroxyl groups excluding tert-OH is 1. The van der Waals surface area contributed by atoms with Gasteiger partial charge in [-0.3, -0.25) is 14.5 Å². The fourth-order valence-corrected chi connectivity index (χ4v) is 4.53. The Morgan fingerprint density at radius 2 is 1.69 bits per heavy atom. The molecule has 1 amide bonds. The molecule has 0 radical (unpaired) electrons. The molecule has 6 nitrogen and oxygen atoms in total. The number of benzene rings is 3. The number of rotatable bonds is 6. The van der Waals surface area contributed by atoms with E-state index in [-0.39, 0.29) is 11.3 Å². The molecular weight excluding hydrogens is 442 g/mol. The molecule has 1 aliphatic rings. The normalized spacial score (nSPS) is 17.1. The van der Waals surface area contributed by atoms with Crippen LogP contribution in [0, 0.1) is 20.8 Å². The summed E-state index contributed by atoms with van der Waals surface area (Å²) in [5.41, 5.74) is 4.36. The molecule has 180 valence electrons. The van der Waals surface area contributed by atoms with E-state index in [0.29, 0.717) is 34.9 Å². The van der Waals surface area contributed by atoms with E-state index in [1.807, 2.05) is 64.1 Å². The summed E-state index contributed by atoms with van der Waals surface area (Å²) in [6.45, 7) is 8.15. The summed E-state index contributed by atoms with van der Waals surface area (Å²) in [6.07, 6.45) is 0. The van der Waals surface area contributed by atoms with Crippen LogP contribution in [0.4, 0.5) is 5.69 Å². The monoisotopic (exact) mass is 471 g/mol. The summed E-state index contributed by atoms with van der Waals surface area (Å²) >= 11 is 0. The molecule has 35 heavy (non-hydrogen) atoms. The lowest BCUT2D eigenvalue weighted by atomic mass is 9.93. The number of aliphatic hydroxyl groups is 1. The Hall–Kier alpha value is -4.06. The Morgan fingerprint density at radius 3 is 2.37 bits per heavy atom. The Labute approximate surface area is 205 Å². The van der Waals surface area contributed by atoms with Gasteiger partial charge in [0.25, 0.3) is 11.7 Å². The standard InChI is InChI=1S/C29H29NO5/c1-6-35-23-15-14-20(16-18(23)3)27(31)25-26(21-11-7-8-13-24(21)34-5)30(29(33)28(25)32)22-12-9-10-17(2)19(22)4/h7-16,26,31H,6H2,1-5H3/b27-25+. The second-order valence-corrected chi connectivity index (χ2v) is 8.54. The highest BCUT2D eigenvalue weighted by Gasteiger charge is 2.48. The molecule has 1 N–H and O–H groups in total. The second kappa shape index (κ2) is 9.66. The predicted molar refractivity (Wildman–Crippen MR) is 136 cm³/mol. The minimum atomic E-state index is -0.862. The smallest absolute Gasteiger partial charge is 0.300 e. The van der Waals surface area contributed by atoms with Gasteiger partial charge >= 0.3 is 0 Å². The van der Waals surface area contributed by atoms with Crippen LogP contribution in [0.3, 0.4) is 0 Å². The first kappa shape index (κ1) is 24.1. The van der Waals surface area contributed by atoms with Gasteiger partial charge in [-0.1, -0.05) is 30.3 Å². The van der Waals surface area contributed by atoms with Gasteiger partial charge in [0.2, 0.25) is 0 Å². The van der Waals surface area contributed by atoms with Crippen molar-refractivity contribution in [1.29, 1.82) is 0 Å². The first-order valence-corrected chi connectivity index (χ1v) is 11.5. The number of carbonyl (C=O) groups excluding carboxylic acids is 2. The van der Waals surface area contributed by atoms with Crippen molar-refractivity contribution in [3.8, 4) is 11.5 Å². The van der Waals surface area contributed by atoms with E-state index < -0.39 is 17.7 Å². The zero-order valence-corrected chi connectivity index (χ0v) is 20.6. The maximum atomic E-state index is 13.5. The molecule has 6 heteroatoms. The first-order valence-electron chi connectivity index (χ1n) is 11.5. The first-order chi connectivity index (χ1) is 16.8. The third kappa shape index (κ3) is 4.16. The van der Waals surface area contributed by atoms with Crippen molar-refractivity contribution in [3.05, 3.63) is 94.1 Å². The van der Waals surface area contributed by atoms with Gasteiger partial charge in [0.05, 0.1) is 25.3 Å². The lowest BCUT2D eigenvalue weighted by molar-refractivity contribution is -0.132. The van der Waals surface area contributed by atoms with Crippen LogP contribution < -0.4 is 14.4 Å². The zero-order valence-electron chi connectivity index (χ0n) is 20.6. The van der Waals surface area contributed by atoms with Crippen molar-refractivity contribution in [3.63, 3.8) is 0 Å². The number of methoxy groups -OCH3 is 1. The van der Waals surface area contributed by atoms with Crippen LogP contribution in [0.2, 0.25) is 0 Å². The lowest BCUT2D eigenvalue weighted by Crippen LogP contribution is -2.30. The Kier molecular flexibility index (Phi) is 6.65. The van der Waals surface area contributed by atoms with Gasteiger partial charge in [0, 0.05) is 16.8 Å². The summed E-state index contributed by atoms with van der Waals surface area (Å²) in [6, 6.07) is 17.2. The van der Waals surface area contributed by atoms with Crippen LogP contribution >= 0.6 is 0 Å². The third-order valence-corrected chi connectivity index (χ3v) is 6.46. The fraction of sp³-hybridized carbons (Fsp3) is 0.241. The number of nitrogens with zero attached hydrogens (tertiary/aromatic N) is 1. The zero-order chi connectivity index (χ0) is 25.3. The van der Waals surface area contributed by atoms with E-state index in [1.165, 1.54) is 4.90 Å². The van der Waals surface area contributed by atoms with Crippen molar-refractivity contribution >= 4 is 23.1 Å². The number of Topliss-reactive ketones (excluding diaryl/α,β-unsaturated/α-hetero) is 1. The molecule has 3 aromatic rings. The van der Waals surface area contributed by atoms with Crippen LogP contribution in [0.1, 0.15) is 40.8 Å². The van der Waals surface area contributed by atoms with Gasteiger partial charge in [-0.2, -0.15) is 0 Å². The van der Waals surface area contributed by atoms with Gasteiger partial charge in [-0.05, 0) is 74.7 Å². The number of carbonyl (C=O) groups is 2. The SMILES string of the molecule is CCOc1ccc(/C(O)=C2\C(=O)C(=O)N(c3cccc(C)c3C)C2c2ccccc2OC)cc1C. The third-order valence-electron chi connectivity index (χ3n) is 6.46. The van der Waals surface area contributed by atoms with Gasteiger partial charge in [-0.25, -0.2) is 0 Å². The maximum Gasteiger partial charge on any atom is 0.300 e. The molecule has 0 aliphatic carbocycles. The van der Waals surface area contributed by atoms with E-state index in [1.54, 1.807) is 31.4 Å². The van der Waals surface area contributed by atoms with Crippen molar-refractivity contribution in [1.82, 2.24) is 0 Å². The van der Waals surface area contributed by atoms with Crippen molar-refractivity contribution in [2.45, 2.75) is 33.7 Å². The van der Waals surface area contributed by atoms with Gasteiger partial charge < -0.3 is 14.6 Å². The van der Waals surface area contributed by atoms with Crippen molar-refractivity contribution in [2.24, 2.45) is 0 Å². The maximum absolute atomic E-state index is 13.5. The molecule has 1 heterocycles. The summed E-state index contributed by atoms with van der Waals surface area (Å²) in [5, 5.41) is 11.4. The molecule has 0 spiro atoms. The molecular formula is C29H29NO5. The highest BCUT2D eigenvalue weighted by molar-refractivity contribution is 6.51. The number of hydrogen-bond donors (Lipinski definition) is 1. The van der Waals surface area contributed by atoms with E-state index in [4.69, 9.17) is 9.47 Å². The van der Waals surface area contributed by atoms with Crippen LogP contribution in [0.15, 0.2) is 66.2 Å². The van der Waals surface area contributed by atoms with E-state index in [2.05, 4.69) is 0 Å². The summed E-state index contributed by atoms with van der Waals surface area (Å²) < 4.78 is 11.2. The number of ketones is 1. The molecule has 0 saturated carbocycles. The summed E-state index contributed by atoms with van der Waals surface area (Å²) in [5.74, 6) is -0.465. The average Bonchev–Trinajstić information content (AvgIpc) is 3.11. The lowest BCUT2D eigenvalue weighted by Gasteiger charge is -2.28. The highest BCUT2D eigenvalue weighted by Crippen LogP contribution is 2.46. The molecule has 1 unspecified atom stereocenters. The van der Waals surface area contributed by atoms with E-state index in [0.717, 1.165) is 16.7 Å². The minimum Gasteiger partial charge on any atom is -0.507 e. The number of hydrogen-bond acceptors (Lipinski definition) is 5. The molecule has 0 bridgehead atoms. The van der Waals surface area contributed by atoms with E-state index in [9.17, 15) is 14.7 Å². The van der Waals surface area contributed by atoms with Crippen molar-refractivity contribution < 1.29 is 24.2 Å². The Morgan fingerprint density at radius 1 is 0.943 bits per heavy atom. The Bertz CT molecular complexity index is 1340. The molecule has 4 rings (SSSR count). The summed E-state index contributed by atoms with van der Waals surface area (Å²) in [4.78, 5) is 28.4. The summed E-state index contributed by atoms with van der Waals surface area (Å²) in [7, 11) is 1.54. The molecule has 1 saturated heterocycles. The van der Waals surface area contributed by atoms with Crippen LogP contribution in [0.5, 0.6) is 11.5 Å². The number of anilines is 1. The van der Waals surface area contributed by atoms with Gasteiger partial charge in [0.1, 0.15) is 17.3 Å². The number of ether oxygens (including phenoxy) is 2. The highest BCUT2D eigenvalue weighted by atomic mass is 16.5. The van der Waals surface area contributed by atoms with Crippen LogP contribution in [-0.2, 0) is 9.59 Å². The van der Waals surface area contributed by atoms with Crippen LogP contribution in [0.25, 0.3) is 5.76 Å². The van der Waals surface area contributed by atoms with Gasteiger partial charge in [0.15, 0.2) is 0 Å². The average molecular weight is 472 g/mol. The second-order valence-electron chi connectivity index (χ2n) is 8.54. The predicted octanol–water partition coefficient (Wildman–Crippen LogP) is 5.65. The van der Waals surface area contributed by atoms with Gasteiger partial charge in [-0.15, -0.1) is 0 Å².